The van der Waals surface area contributed by atoms with Crippen LogP contribution in [0.25, 0.3) is 0 Å². The van der Waals surface area contributed by atoms with Crippen LogP contribution in [0.15, 0.2) is 30.6 Å². The van der Waals surface area contributed by atoms with E-state index >= 15 is 0 Å². The molecule has 0 N–H and O–H groups in total. The van der Waals surface area contributed by atoms with Gasteiger partial charge in [-0.3, -0.25) is 14.4 Å². The van der Waals surface area contributed by atoms with Crippen LogP contribution < -0.4 is 4.90 Å². The lowest BCUT2D eigenvalue weighted by atomic mass is 10.1. The number of hydrogen-bond acceptors (Lipinski definition) is 5. The molecule has 27 heavy (non-hydrogen) atoms. The standard InChI is InChI=1S/C21H27N5O/c1-16(27)18-5-6-19(12-22)20(11-18)25-9-7-24(8-10-25)14-17-13-23-26(15-17)21(2,3)4/h5-6,11,13,15H,7-10,14H2,1-4H3. The number of rotatable bonds is 4. The number of benzene rings is 1. The molecule has 1 aromatic heterocycles. The normalized spacial score (nSPS) is 15.6. The van der Waals surface area contributed by atoms with Crippen molar-refractivity contribution in [2.24, 2.45) is 0 Å². The lowest BCUT2D eigenvalue weighted by Crippen LogP contribution is -2.46. The molecule has 0 amide bonds. The Morgan fingerprint density at radius 2 is 1.93 bits per heavy atom. The highest BCUT2D eigenvalue weighted by Gasteiger charge is 2.21. The van der Waals surface area contributed by atoms with Gasteiger partial charge in [-0.05, 0) is 45.9 Å². The maximum absolute atomic E-state index is 11.7. The number of anilines is 1. The number of carbonyl (C=O) groups excluding carboxylic acids is 1. The topological polar surface area (TPSA) is 65.2 Å². The average molecular weight is 365 g/mol. The smallest absolute Gasteiger partial charge is 0.159 e. The summed E-state index contributed by atoms with van der Waals surface area (Å²) < 4.78 is 2.00. The molecule has 1 fully saturated rings. The first-order chi connectivity index (χ1) is 12.8. The van der Waals surface area contributed by atoms with E-state index in [1.54, 1.807) is 19.1 Å². The van der Waals surface area contributed by atoms with Crippen LogP contribution in [0.4, 0.5) is 5.69 Å². The second kappa shape index (κ2) is 7.53. The van der Waals surface area contributed by atoms with E-state index in [4.69, 9.17) is 0 Å². The van der Waals surface area contributed by atoms with Gasteiger partial charge in [0.05, 0.1) is 23.0 Å². The van der Waals surface area contributed by atoms with E-state index in [0.717, 1.165) is 38.4 Å². The molecule has 0 unspecified atom stereocenters. The number of aromatic nitrogens is 2. The van der Waals surface area contributed by atoms with Gasteiger partial charge >= 0.3 is 0 Å². The van der Waals surface area contributed by atoms with Crippen molar-refractivity contribution in [3.8, 4) is 6.07 Å². The van der Waals surface area contributed by atoms with Crippen molar-refractivity contribution >= 4 is 11.5 Å². The highest BCUT2D eigenvalue weighted by Crippen LogP contribution is 2.24. The molecule has 1 aliphatic heterocycles. The molecule has 3 rings (SSSR count). The van der Waals surface area contributed by atoms with Gasteiger partial charge in [0, 0.05) is 50.0 Å². The average Bonchev–Trinajstić information content (AvgIpc) is 3.11. The lowest BCUT2D eigenvalue weighted by Gasteiger charge is -2.36. The maximum Gasteiger partial charge on any atom is 0.159 e. The fourth-order valence-electron chi connectivity index (χ4n) is 3.32. The third-order valence-electron chi connectivity index (χ3n) is 4.97. The van der Waals surface area contributed by atoms with E-state index in [-0.39, 0.29) is 11.3 Å². The highest BCUT2D eigenvalue weighted by molar-refractivity contribution is 5.95. The maximum atomic E-state index is 11.7. The zero-order valence-corrected chi connectivity index (χ0v) is 16.6. The zero-order valence-electron chi connectivity index (χ0n) is 16.6. The van der Waals surface area contributed by atoms with E-state index in [9.17, 15) is 10.1 Å². The summed E-state index contributed by atoms with van der Waals surface area (Å²) in [5.74, 6) is 0.0234. The Morgan fingerprint density at radius 3 is 2.48 bits per heavy atom. The summed E-state index contributed by atoms with van der Waals surface area (Å²) in [4.78, 5) is 16.3. The van der Waals surface area contributed by atoms with Crippen LogP contribution in [0, 0.1) is 11.3 Å². The van der Waals surface area contributed by atoms with E-state index in [1.165, 1.54) is 5.56 Å². The summed E-state index contributed by atoms with van der Waals surface area (Å²) in [5, 5.41) is 13.9. The summed E-state index contributed by atoms with van der Waals surface area (Å²) >= 11 is 0. The zero-order chi connectivity index (χ0) is 19.6. The summed E-state index contributed by atoms with van der Waals surface area (Å²) in [6.45, 7) is 12.4. The van der Waals surface area contributed by atoms with Gasteiger partial charge in [-0.25, -0.2) is 0 Å². The minimum Gasteiger partial charge on any atom is -0.368 e. The molecule has 6 nitrogen and oxygen atoms in total. The van der Waals surface area contributed by atoms with Crippen LogP contribution in [0.2, 0.25) is 0 Å². The van der Waals surface area contributed by atoms with Crippen LogP contribution >= 0.6 is 0 Å². The molecule has 1 aromatic carbocycles. The fraction of sp³-hybridized carbons (Fsp3) is 0.476. The van der Waals surface area contributed by atoms with Crippen LogP contribution in [-0.2, 0) is 12.1 Å². The molecule has 1 saturated heterocycles. The molecule has 0 radical (unpaired) electrons. The summed E-state index contributed by atoms with van der Waals surface area (Å²) in [6, 6.07) is 7.58. The first-order valence-electron chi connectivity index (χ1n) is 9.34. The molecule has 0 atom stereocenters. The summed E-state index contributed by atoms with van der Waals surface area (Å²) in [6.07, 6.45) is 4.07. The summed E-state index contributed by atoms with van der Waals surface area (Å²) in [5.41, 5.74) is 3.35. The number of nitrogens with zero attached hydrogens (tertiary/aromatic N) is 5. The van der Waals surface area contributed by atoms with Gasteiger partial charge in [-0.15, -0.1) is 0 Å². The second-order valence-electron chi connectivity index (χ2n) is 8.13. The number of carbonyl (C=O) groups is 1. The second-order valence-corrected chi connectivity index (χ2v) is 8.13. The monoisotopic (exact) mass is 365 g/mol. The minimum absolute atomic E-state index is 0.00757. The molecule has 0 saturated carbocycles. The predicted octanol–water partition coefficient (Wildman–Crippen LogP) is 3.03. The van der Waals surface area contributed by atoms with Crippen molar-refractivity contribution in [1.82, 2.24) is 14.7 Å². The first kappa shape index (κ1) is 19.1. The Bertz CT molecular complexity index is 863. The van der Waals surface area contributed by atoms with E-state index < -0.39 is 0 Å². The van der Waals surface area contributed by atoms with Crippen molar-refractivity contribution in [3.05, 3.63) is 47.3 Å². The largest absolute Gasteiger partial charge is 0.368 e. The minimum atomic E-state index is -0.00757. The number of Topliss-reactive ketones (excluding diaryl/α,β-unsaturated/α-hetero) is 1. The molecule has 0 bridgehead atoms. The Labute approximate surface area is 161 Å². The van der Waals surface area contributed by atoms with E-state index in [0.29, 0.717) is 11.1 Å². The quantitative estimate of drug-likeness (QED) is 0.779. The summed E-state index contributed by atoms with van der Waals surface area (Å²) in [7, 11) is 0. The number of nitriles is 1. The lowest BCUT2D eigenvalue weighted by molar-refractivity contribution is 0.101. The molecule has 1 aliphatic rings. The van der Waals surface area contributed by atoms with Gasteiger partial charge in [0.25, 0.3) is 0 Å². The Hall–Kier alpha value is -2.65. The Kier molecular flexibility index (Phi) is 5.33. The van der Waals surface area contributed by atoms with Crippen LogP contribution in [0.1, 0.15) is 49.2 Å². The van der Waals surface area contributed by atoms with Gasteiger partial charge in [0.2, 0.25) is 0 Å². The fourth-order valence-corrected chi connectivity index (χ4v) is 3.32. The van der Waals surface area contributed by atoms with Gasteiger partial charge in [0.15, 0.2) is 5.78 Å². The van der Waals surface area contributed by atoms with E-state index in [2.05, 4.69) is 47.9 Å². The third kappa shape index (κ3) is 4.37. The number of ketones is 1. The van der Waals surface area contributed by atoms with Crippen molar-refractivity contribution in [2.45, 2.75) is 39.8 Å². The first-order valence-corrected chi connectivity index (χ1v) is 9.34. The molecule has 0 spiro atoms. The third-order valence-corrected chi connectivity index (χ3v) is 4.97. The number of piperazine rings is 1. The molecule has 2 heterocycles. The van der Waals surface area contributed by atoms with Gasteiger partial charge < -0.3 is 4.90 Å². The Balaban J connectivity index is 1.66. The van der Waals surface area contributed by atoms with Crippen molar-refractivity contribution in [2.75, 3.05) is 31.1 Å². The molecule has 6 heteroatoms. The van der Waals surface area contributed by atoms with Crippen LogP contribution in [0.5, 0.6) is 0 Å². The van der Waals surface area contributed by atoms with E-state index in [1.807, 2.05) is 16.9 Å². The van der Waals surface area contributed by atoms with Crippen molar-refractivity contribution in [1.29, 1.82) is 5.26 Å². The van der Waals surface area contributed by atoms with Gasteiger partial charge in [0.1, 0.15) is 6.07 Å². The predicted molar refractivity (Wildman–Crippen MR) is 106 cm³/mol. The van der Waals surface area contributed by atoms with Crippen molar-refractivity contribution < 1.29 is 4.79 Å². The van der Waals surface area contributed by atoms with Gasteiger partial charge in [-0.2, -0.15) is 10.4 Å². The van der Waals surface area contributed by atoms with Gasteiger partial charge in [-0.1, -0.05) is 0 Å². The molecule has 2 aromatic rings. The molecule has 142 valence electrons. The van der Waals surface area contributed by atoms with Crippen molar-refractivity contribution in [3.63, 3.8) is 0 Å². The number of hydrogen-bond donors (Lipinski definition) is 0. The highest BCUT2D eigenvalue weighted by atomic mass is 16.1. The SMILES string of the molecule is CC(=O)c1ccc(C#N)c(N2CCN(Cc3cnn(C(C)(C)C)c3)CC2)c1. The van der Waals surface area contributed by atoms with Crippen LogP contribution in [-0.4, -0.2) is 46.6 Å². The Morgan fingerprint density at radius 1 is 1.22 bits per heavy atom. The molecular weight excluding hydrogens is 338 g/mol. The van der Waals surface area contributed by atoms with Crippen LogP contribution in [0.3, 0.4) is 0 Å². The molecule has 0 aliphatic carbocycles. The molecular formula is C21H27N5O.